The van der Waals surface area contributed by atoms with E-state index < -0.39 is 0 Å². The van der Waals surface area contributed by atoms with Crippen LogP contribution < -0.4 is 10.1 Å². The molecule has 1 heterocycles. The number of benzene rings is 2. The third-order valence-electron chi connectivity index (χ3n) is 4.79. The molecule has 0 radical (unpaired) electrons. The van der Waals surface area contributed by atoms with Crippen LogP contribution in [-0.4, -0.2) is 38.2 Å². The number of ether oxygens (including phenoxy) is 1. The summed E-state index contributed by atoms with van der Waals surface area (Å²) in [6.07, 6.45) is 1.08. The van der Waals surface area contributed by atoms with Gasteiger partial charge in [0.1, 0.15) is 11.6 Å². The van der Waals surface area contributed by atoms with Crippen molar-refractivity contribution < 1.29 is 9.13 Å². The second-order valence-corrected chi connectivity index (χ2v) is 6.85. The van der Waals surface area contributed by atoms with Crippen LogP contribution in [0.2, 0.25) is 0 Å². The van der Waals surface area contributed by atoms with E-state index in [4.69, 9.17) is 4.74 Å². The van der Waals surface area contributed by atoms with Crippen LogP contribution in [-0.2, 0) is 0 Å². The van der Waals surface area contributed by atoms with Crippen molar-refractivity contribution in [3.8, 4) is 5.75 Å². The van der Waals surface area contributed by atoms with Crippen molar-refractivity contribution in [2.24, 2.45) is 0 Å². The van der Waals surface area contributed by atoms with Gasteiger partial charge in [-0.3, -0.25) is 4.90 Å². The molecule has 1 aliphatic heterocycles. The number of nitrogens with zero attached hydrogens (tertiary/aromatic N) is 1. The zero-order valence-corrected chi connectivity index (χ0v) is 15.3. The molecule has 1 saturated heterocycles. The quantitative estimate of drug-likeness (QED) is 0.914. The molecule has 0 spiro atoms. The van der Waals surface area contributed by atoms with Crippen LogP contribution in [0.5, 0.6) is 5.75 Å². The van der Waals surface area contributed by atoms with E-state index in [1.807, 2.05) is 0 Å². The molecule has 0 aromatic heterocycles. The number of rotatable bonds is 4. The van der Waals surface area contributed by atoms with Crippen LogP contribution in [0, 0.1) is 19.7 Å². The summed E-state index contributed by atoms with van der Waals surface area (Å²) in [5, 5.41) is 3.45. The number of nitrogens with one attached hydrogen (secondary N) is 1. The van der Waals surface area contributed by atoms with Gasteiger partial charge in [-0.2, -0.15) is 0 Å². The lowest BCUT2D eigenvalue weighted by Crippen LogP contribution is -2.33. The molecule has 25 heavy (non-hydrogen) atoms. The Morgan fingerprint density at radius 3 is 2.52 bits per heavy atom. The predicted octanol–water partition coefficient (Wildman–Crippen LogP) is 3.84. The Morgan fingerprint density at radius 1 is 1.04 bits per heavy atom. The van der Waals surface area contributed by atoms with Crippen molar-refractivity contribution in [2.75, 3.05) is 33.3 Å². The fourth-order valence-corrected chi connectivity index (χ4v) is 3.80. The summed E-state index contributed by atoms with van der Waals surface area (Å²) in [5.74, 6) is 0.515. The maximum absolute atomic E-state index is 14.1. The molecule has 0 aliphatic carbocycles. The molecule has 0 bridgehead atoms. The van der Waals surface area contributed by atoms with E-state index in [-0.39, 0.29) is 11.9 Å². The number of hydrogen-bond donors (Lipinski definition) is 1. The van der Waals surface area contributed by atoms with E-state index in [1.165, 1.54) is 22.8 Å². The molecule has 1 unspecified atom stereocenters. The van der Waals surface area contributed by atoms with Gasteiger partial charge in [-0.1, -0.05) is 29.3 Å². The molecule has 3 rings (SSSR count). The van der Waals surface area contributed by atoms with Gasteiger partial charge in [0, 0.05) is 25.2 Å². The Balaban J connectivity index is 2.12. The highest BCUT2D eigenvalue weighted by molar-refractivity contribution is 5.44. The first-order valence-corrected chi connectivity index (χ1v) is 8.95. The molecule has 2 aromatic carbocycles. The second-order valence-electron chi connectivity index (χ2n) is 6.85. The Labute approximate surface area is 149 Å². The summed E-state index contributed by atoms with van der Waals surface area (Å²) in [5.41, 5.74) is 4.55. The van der Waals surface area contributed by atoms with E-state index in [0.29, 0.717) is 0 Å². The number of halogens is 1. The van der Waals surface area contributed by atoms with Crippen LogP contribution in [0.3, 0.4) is 0 Å². The highest BCUT2D eigenvalue weighted by Crippen LogP contribution is 2.36. The van der Waals surface area contributed by atoms with Crippen LogP contribution in [0.4, 0.5) is 4.39 Å². The largest absolute Gasteiger partial charge is 0.496 e. The summed E-state index contributed by atoms with van der Waals surface area (Å²) in [7, 11) is 1.65. The topological polar surface area (TPSA) is 24.5 Å². The minimum Gasteiger partial charge on any atom is -0.496 e. The van der Waals surface area contributed by atoms with E-state index in [2.05, 4.69) is 42.3 Å². The number of aryl methyl sites for hydroxylation is 2. The summed E-state index contributed by atoms with van der Waals surface area (Å²) in [6.45, 7) is 8.09. The SMILES string of the molecule is COc1ccc(F)cc1C(c1cc(C)cc(C)c1)N1CCCNCC1. The molecular weight excluding hydrogens is 315 g/mol. The van der Waals surface area contributed by atoms with E-state index in [0.717, 1.165) is 43.9 Å². The minimum absolute atomic E-state index is 0.0100. The van der Waals surface area contributed by atoms with Gasteiger partial charge in [-0.15, -0.1) is 0 Å². The van der Waals surface area contributed by atoms with Crippen molar-refractivity contribution in [1.29, 1.82) is 0 Å². The summed E-state index contributed by atoms with van der Waals surface area (Å²) < 4.78 is 19.7. The van der Waals surface area contributed by atoms with Crippen molar-refractivity contribution in [1.82, 2.24) is 10.2 Å². The predicted molar refractivity (Wildman–Crippen MR) is 99.8 cm³/mol. The highest BCUT2D eigenvalue weighted by Gasteiger charge is 2.26. The van der Waals surface area contributed by atoms with E-state index >= 15 is 0 Å². The minimum atomic E-state index is -0.224. The first-order valence-electron chi connectivity index (χ1n) is 8.95. The third kappa shape index (κ3) is 4.20. The Bertz CT molecular complexity index is 704. The Hall–Kier alpha value is -1.91. The standard InChI is InChI=1S/C21H27FN2O/c1-15-11-16(2)13-17(12-15)21(24-9-4-7-23-8-10-24)19-14-18(22)5-6-20(19)25-3/h5-6,11-14,21,23H,4,7-10H2,1-3H3. The molecule has 134 valence electrons. The lowest BCUT2D eigenvalue weighted by atomic mass is 9.93. The van der Waals surface area contributed by atoms with Gasteiger partial charge in [-0.05, 0) is 50.6 Å². The monoisotopic (exact) mass is 342 g/mol. The molecule has 0 saturated carbocycles. The number of methoxy groups -OCH3 is 1. The van der Waals surface area contributed by atoms with Crippen LogP contribution in [0.25, 0.3) is 0 Å². The first-order chi connectivity index (χ1) is 12.1. The molecule has 2 aromatic rings. The normalized spacial score (nSPS) is 17.1. The second kappa shape index (κ2) is 7.98. The third-order valence-corrected chi connectivity index (χ3v) is 4.79. The number of hydrogen-bond acceptors (Lipinski definition) is 3. The van der Waals surface area contributed by atoms with Crippen molar-refractivity contribution in [2.45, 2.75) is 26.3 Å². The smallest absolute Gasteiger partial charge is 0.124 e. The highest BCUT2D eigenvalue weighted by atomic mass is 19.1. The van der Waals surface area contributed by atoms with Gasteiger partial charge in [0.15, 0.2) is 0 Å². The van der Waals surface area contributed by atoms with E-state index in [1.54, 1.807) is 19.2 Å². The molecule has 1 fully saturated rings. The maximum atomic E-state index is 14.1. The van der Waals surface area contributed by atoms with Crippen LogP contribution >= 0.6 is 0 Å². The van der Waals surface area contributed by atoms with Crippen molar-refractivity contribution in [3.63, 3.8) is 0 Å². The molecule has 0 amide bonds. The molecule has 1 atom stereocenters. The van der Waals surface area contributed by atoms with Gasteiger partial charge in [-0.25, -0.2) is 4.39 Å². The molecule has 3 nitrogen and oxygen atoms in total. The fraction of sp³-hybridized carbons (Fsp3) is 0.429. The fourth-order valence-electron chi connectivity index (χ4n) is 3.80. The average molecular weight is 342 g/mol. The van der Waals surface area contributed by atoms with Gasteiger partial charge in [0.2, 0.25) is 0 Å². The van der Waals surface area contributed by atoms with Gasteiger partial charge in [0.25, 0.3) is 0 Å². The zero-order valence-electron chi connectivity index (χ0n) is 15.3. The first kappa shape index (κ1) is 17.9. The zero-order chi connectivity index (χ0) is 17.8. The maximum Gasteiger partial charge on any atom is 0.124 e. The lowest BCUT2D eigenvalue weighted by molar-refractivity contribution is 0.235. The Kier molecular flexibility index (Phi) is 5.71. The molecule has 4 heteroatoms. The average Bonchev–Trinajstić information content (AvgIpc) is 2.84. The van der Waals surface area contributed by atoms with Crippen LogP contribution in [0.15, 0.2) is 36.4 Å². The van der Waals surface area contributed by atoms with E-state index in [9.17, 15) is 4.39 Å². The van der Waals surface area contributed by atoms with Gasteiger partial charge in [0.05, 0.1) is 13.2 Å². The van der Waals surface area contributed by atoms with Crippen molar-refractivity contribution in [3.05, 3.63) is 64.5 Å². The summed E-state index contributed by atoms with van der Waals surface area (Å²) >= 11 is 0. The summed E-state index contributed by atoms with van der Waals surface area (Å²) in [6, 6.07) is 11.4. The summed E-state index contributed by atoms with van der Waals surface area (Å²) in [4.78, 5) is 2.44. The molecule has 1 N–H and O–H groups in total. The molecular formula is C21H27FN2O. The lowest BCUT2D eigenvalue weighted by Gasteiger charge is -2.32. The molecule has 1 aliphatic rings. The van der Waals surface area contributed by atoms with Gasteiger partial charge < -0.3 is 10.1 Å². The van der Waals surface area contributed by atoms with Gasteiger partial charge >= 0.3 is 0 Å². The Morgan fingerprint density at radius 2 is 1.80 bits per heavy atom. The van der Waals surface area contributed by atoms with Crippen molar-refractivity contribution >= 4 is 0 Å². The van der Waals surface area contributed by atoms with Crippen LogP contribution in [0.1, 0.15) is 34.7 Å².